The van der Waals surface area contributed by atoms with Crippen LogP contribution in [0.5, 0.6) is 0 Å². The molecule has 2 aromatic heterocycles. The molecule has 0 saturated heterocycles. The van der Waals surface area contributed by atoms with E-state index < -0.39 is 5.97 Å². The zero-order valence-corrected chi connectivity index (χ0v) is 11.9. The van der Waals surface area contributed by atoms with Gasteiger partial charge < -0.3 is 5.11 Å². The molecule has 1 N–H and O–H groups in total. The van der Waals surface area contributed by atoms with Crippen LogP contribution in [0.4, 0.5) is 0 Å². The zero-order valence-electron chi connectivity index (χ0n) is 11.9. The number of aliphatic carboxylic acids is 1. The fourth-order valence-electron chi connectivity index (χ4n) is 2.36. The Morgan fingerprint density at radius 2 is 1.95 bits per heavy atom. The number of carbonyl (C=O) groups is 1. The highest BCUT2D eigenvalue weighted by Gasteiger charge is 2.08. The van der Waals surface area contributed by atoms with Crippen LogP contribution in [0, 0.1) is 13.8 Å². The van der Waals surface area contributed by atoms with E-state index in [1.54, 1.807) is 6.20 Å². The van der Waals surface area contributed by atoms with Crippen molar-refractivity contribution in [2.24, 2.45) is 0 Å². The van der Waals surface area contributed by atoms with Crippen molar-refractivity contribution in [1.82, 2.24) is 15.0 Å². The Bertz CT molecular complexity index is 859. The molecule has 21 heavy (non-hydrogen) atoms. The number of aryl methyl sites for hydroxylation is 3. The Balaban J connectivity index is 2.15. The van der Waals surface area contributed by atoms with Gasteiger partial charge in [0.2, 0.25) is 0 Å². The number of carboxylic acid groups (broad SMARTS) is 1. The van der Waals surface area contributed by atoms with Gasteiger partial charge in [-0.05, 0) is 31.0 Å². The van der Waals surface area contributed by atoms with Gasteiger partial charge in [-0.15, -0.1) is 0 Å². The maximum atomic E-state index is 10.6. The number of aromatic nitrogens is 3. The second-order valence-electron chi connectivity index (χ2n) is 5.18. The summed E-state index contributed by atoms with van der Waals surface area (Å²) in [6.45, 7) is 4.07. The van der Waals surface area contributed by atoms with E-state index in [0.717, 1.165) is 21.9 Å². The van der Waals surface area contributed by atoms with Crippen LogP contribution >= 0.6 is 0 Å². The third-order valence-corrected chi connectivity index (χ3v) is 3.56. The Kier molecular flexibility index (Phi) is 3.25. The van der Waals surface area contributed by atoms with E-state index >= 15 is 0 Å². The second kappa shape index (κ2) is 5.09. The van der Waals surface area contributed by atoms with Crippen molar-refractivity contribution >= 4 is 27.9 Å². The minimum absolute atomic E-state index is 0.0250. The quantitative estimate of drug-likeness (QED) is 0.747. The van der Waals surface area contributed by atoms with E-state index in [2.05, 4.69) is 27.9 Å². The Hall–Kier alpha value is -2.56. The number of nitrogens with zero attached hydrogens (tertiary/aromatic N) is 3. The molecule has 2 heterocycles. The molecule has 0 saturated carbocycles. The molecular weight excluding hydrogens is 266 g/mol. The normalized spacial score (nSPS) is 11.1. The summed E-state index contributed by atoms with van der Waals surface area (Å²) in [6.07, 6.45) is 2.06. The average molecular weight is 281 g/mol. The highest BCUT2D eigenvalue weighted by Crippen LogP contribution is 2.23. The molecule has 3 rings (SSSR count). The van der Waals surface area contributed by atoms with Crippen LogP contribution in [-0.4, -0.2) is 26.0 Å². The van der Waals surface area contributed by atoms with Gasteiger partial charge in [0.05, 0.1) is 11.9 Å². The summed E-state index contributed by atoms with van der Waals surface area (Å²) in [5.41, 5.74) is 3.82. The van der Waals surface area contributed by atoms with Crippen molar-refractivity contribution in [2.45, 2.75) is 26.7 Å². The maximum absolute atomic E-state index is 10.6. The third kappa shape index (κ3) is 2.54. The molecule has 0 atom stereocenters. The number of fused-ring (bicyclic) bond motifs is 2. The van der Waals surface area contributed by atoms with Gasteiger partial charge in [-0.1, -0.05) is 12.1 Å². The molecule has 0 amide bonds. The van der Waals surface area contributed by atoms with Gasteiger partial charge in [-0.3, -0.25) is 4.79 Å². The largest absolute Gasteiger partial charge is 0.481 e. The molecule has 0 bridgehead atoms. The van der Waals surface area contributed by atoms with Gasteiger partial charge in [0.15, 0.2) is 5.65 Å². The standard InChI is InChI=1S/C16H15N3O2/c1-9-3-4-10(2)15-12(9)7-11-8-17-13(5-6-14(20)21)18-16(11)19-15/h3-4,7-8H,5-6H2,1-2H3,(H,20,21). The van der Waals surface area contributed by atoms with E-state index in [9.17, 15) is 4.79 Å². The predicted octanol–water partition coefficient (Wildman–Crippen LogP) is 2.81. The van der Waals surface area contributed by atoms with Crippen LogP contribution < -0.4 is 0 Å². The lowest BCUT2D eigenvalue weighted by atomic mass is 10.0. The monoisotopic (exact) mass is 281 g/mol. The van der Waals surface area contributed by atoms with E-state index in [-0.39, 0.29) is 6.42 Å². The summed E-state index contributed by atoms with van der Waals surface area (Å²) in [5.74, 6) is -0.335. The number of benzene rings is 1. The van der Waals surface area contributed by atoms with Gasteiger partial charge in [0.25, 0.3) is 0 Å². The second-order valence-corrected chi connectivity index (χ2v) is 5.18. The van der Waals surface area contributed by atoms with Crippen molar-refractivity contribution in [3.63, 3.8) is 0 Å². The first-order chi connectivity index (χ1) is 10.0. The molecule has 106 valence electrons. The molecule has 0 radical (unpaired) electrons. The van der Waals surface area contributed by atoms with Crippen molar-refractivity contribution in [3.8, 4) is 0 Å². The molecule has 0 aliphatic carbocycles. The van der Waals surface area contributed by atoms with Gasteiger partial charge in [-0.25, -0.2) is 15.0 Å². The van der Waals surface area contributed by atoms with Gasteiger partial charge in [0, 0.05) is 23.4 Å². The number of pyridine rings is 1. The van der Waals surface area contributed by atoms with E-state index in [0.29, 0.717) is 17.9 Å². The highest BCUT2D eigenvalue weighted by molar-refractivity contribution is 5.94. The van der Waals surface area contributed by atoms with Gasteiger partial charge >= 0.3 is 5.97 Å². The first kappa shape index (κ1) is 13.4. The third-order valence-electron chi connectivity index (χ3n) is 3.56. The van der Waals surface area contributed by atoms with E-state index in [1.807, 2.05) is 19.1 Å². The molecular formula is C16H15N3O2. The van der Waals surface area contributed by atoms with Crippen molar-refractivity contribution in [1.29, 1.82) is 0 Å². The van der Waals surface area contributed by atoms with Crippen LogP contribution in [0.3, 0.4) is 0 Å². The molecule has 3 aromatic rings. The van der Waals surface area contributed by atoms with Crippen LogP contribution in [0.25, 0.3) is 21.9 Å². The topological polar surface area (TPSA) is 76.0 Å². The zero-order chi connectivity index (χ0) is 15.0. The smallest absolute Gasteiger partial charge is 0.303 e. The molecule has 5 nitrogen and oxygen atoms in total. The first-order valence-corrected chi connectivity index (χ1v) is 6.79. The molecule has 5 heteroatoms. The number of carboxylic acids is 1. The molecule has 0 spiro atoms. The molecule has 0 unspecified atom stereocenters. The molecule has 0 fully saturated rings. The van der Waals surface area contributed by atoms with Crippen molar-refractivity contribution in [2.75, 3.05) is 0 Å². The SMILES string of the molecule is Cc1ccc(C)c2nc3nc(CCC(=O)O)ncc3cc12. The number of rotatable bonds is 3. The van der Waals surface area contributed by atoms with Gasteiger partial charge in [0.1, 0.15) is 5.82 Å². The summed E-state index contributed by atoms with van der Waals surface area (Å²) in [6, 6.07) is 6.16. The van der Waals surface area contributed by atoms with Gasteiger partial charge in [-0.2, -0.15) is 0 Å². The Morgan fingerprint density at radius 1 is 1.19 bits per heavy atom. The lowest BCUT2D eigenvalue weighted by Crippen LogP contribution is -2.02. The first-order valence-electron chi connectivity index (χ1n) is 6.79. The minimum atomic E-state index is -0.850. The average Bonchev–Trinajstić information content (AvgIpc) is 2.47. The van der Waals surface area contributed by atoms with Crippen molar-refractivity contribution in [3.05, 3.63) is 41.3 Å². The van der Waals surface area contributed by atoms with Crippen LogP contribution in [0.2, 0.25) is 0 Å². The lowest BCUT2D eigenvalue weighted by Gasteiger charge is -2.07. The summed E-state index contributed by atoms with van der Waals surface area (Å²) in [7, 11) is 0. The lowest BCUT2D eigenvalue weighted by molar-refractivity contribution is -0.137. The Labute approximate surface area is 121 Å². The fourth-order valence-corrected chi connectivity index (χ4v) is 2.36. The molecule has 0 aliphatic rings. The summed E-state index contributed by atoms with van der Waals surface area (Å²) >= 11 is 0. The summed E-state index contributed by atoms with van der Waals surface area (Å²) < 4.78 is 0. The summed E-state index contributed by atoms with van der Waals surface area (Å²) in [5, 5.41) is 10.7. The predicted molar refractivity (Wildman–Crippen MR) is 80.3 cm³/mol. The van der Waals surface area contributed by atoms with Crippen LogP contribution in [0.1, 0.15) is 23.4 Å². The van der Waals surface area contributed by atoms with E-state index in [4.69, 9.17) is 5.11 Å². The minimum Gasteiger partial charge on any atom is -0.481 e. The number of hydrogen-bond donors (Lipinski definition) is 1. The molecule has 1 aromatic carbocycles. The van der Waals surface area contributed by atoms with Crippen LogP contribution in [0.15, 0.2) is 24.4 Å². The summed E-state index contributed by atoms with van der Waals surface area (Å²) in [4.78, 5) is 23.9. The van der Waals surface area contributed by atoms with Crippen molar-refractivity contribution < 1.29 is 9.90 Å². The molecule has 0 aliphatic heterocycles. The fraction of sp³-hybridized carbons (Fsp3) is 0.250. The highest BCUT2D eigenvalue weighted by atomic mass is 16.4. The van der Waals surface area contributed by atoms with E-state index in [1.165, 1.54) is 5.56 Å². The maximum Gasteiger partial charge on any atom is 0.303 e. The number of hydrogen-bond acceptors (Lipinski definition) is 4. The Morgan fingerprint density at radius 3 is 2.71 bits per heavy atom. The van der Waals surface area contributed by atoms with Crippen LogP contribution in [-0.2, 0) is 11.2 Å².